The zero-order valence-electron chi connectivity index (χ0n) is 22.0. The molecule has 2 fully saturated rings. The van der Waals surface area contributed by atoms with Crippen molar-refractivity contribution in [2.45, 2.75) is 61.3 Å². The average Bonchev–Trinajstić information content (AvgIpc) is 2.90. The molecule has 1 saturated heterocycles. The second kappa shape index (κ2) is 11.7. The zero-order valence-corrected chi connectivity index (χ0v) is 22.8. The molecule has 0 unspecified atom stereocenters. The van der Waals surface area contributed by atoms with Crippen LogP contribution in [-0.4, -0.2) is 74.6 Å². The summed E-state index contributed by atoms with van der Waals surface area (Å²) in [5, 5.41) is 2.62. The summed E-state index contributed by atoms with van der Waals surface area (Å²) in [6, 6.07) is 11.3. The predicted molar refractivity (Wildman–Crippen MR) is 141 cm³/mol. The number of carbonyl (C=O) groups is 2. The van der Waals surface area contributed by atoms with Crippen molar-refractivity contribution < 1.29 is 31.2 Å². The Hall–Kier alpha value is -2.92. The van der Waals surface area contributed by atoms with E-state index in [0.29, 0.717) is 32.2 Å². The minimum absolute atomic E-state index is 0.100. The van der Waals surface area contributed by atoms with Crippen molar-refractivity contribution in [2.24, 2.45) is 5.92 Å². The van der Waals surface area contributed by atoms with Crippen LogP contribution in [0.25, 0.3) is 0 Å². The fourth-order valence-electron chi connectivity index (χ4n) is 5.73. The van der Waals surface area contributed by atoms with Gasteiger partial charge in [0.2, 0.25) is 5.91 Å². The lowest BCUT2D eigenvalue weighted by atomic mass is 9.80. The first-order valence-electron chi connectivity index (χ1n) is 13.1. The van der Waals surface area contributed by atoms with Crippen molar-refractivity contribution in [1.29, 1.82) is 0 Å². The highest BCUT2D eigenvalue weighted by Gasteiger charge is 2.42. The molecule has 1 saturated carbocycles. The number of likely N-dealkylation sites (tertiary alicyclic amines) is 1. The van der Waals surface area contributed by atoms with Crippen molar-refractivity contribution in [3.63, 3.8) is 0 Å². The lowest BCUT2D eigenvalue weighted by Gasteiger charge is -2.46. The van der Waals surface area contributed by atoms with Crippen molar-refractivity contribution in [3.05, 3.63) is 65.7 Å². The summed E-state index contributed by atoms with van der Waals surface area (Å²) in [5.74, 6) is -1.48. The van der Waals surface area contributed by atoms with Crippen LogP contribution < -0.4 is 5.32 Å². The molecular formula is C28H34F3N3O4S. The number of piperidine rings is 1. The molecule has 2 aromatic carbocycles. The fourth-order valence-corrected chi connectivity index (χ4v) is 7.41. The average molecular weight is 566 g/mol. The molecule has 2 aliphatic rings. The van der Waals surface area contributed by atoms with E-state index in [-0.39, 0.29) is 40.1 Å². The van der Waals surface area contributed by atoms with Gasteiger partial charge < -0.3 is 15.1 Å². The first-order valence-corrected chi connectivity index (χ1v) is 14.7. The Labute approximate surface area is 227 Å². The Balaban J connectivity index is 1.52. The van der Waals surface area contributed by atoms with Gasteiger partial charge in [-0.25, -0.2) is 8.42 Å². The second-order valence-corrected chi connectivity index (χ2v) is 12.7. The number of hydrogen-bond donors (Lipinski definition) is 1. The van der Waals surface area contributed by atoms with E-state index >= 15 is 0 Å². The van der Waals surface area contributed by atoms with Gasteiger partial charge in [0.25, 0.3) is 5.91 Å². The van der Waals surface area contributed by atoms with E-state index in [9.17, 15) is 31.2 Å². The molecule has 2 aromatic rings. The highest BCUT2D eigenvalue weighted by atomic mass is 32.2. The fraction of sp³-hybridized carbons (Fsp3) is 0.500. The van der Waals surface area contributed by atoms with E-state index in [1.165, 1.54) is 6.07 Å². The number of nitrogens with one attached hydrogen (secondary N) is 1. The van der Waals surface area contributed by atoms with Gasteiger partial charge in [-0.15, -0.1) is 0 Å². The van der Waals surface area contributed by atoms with Crippen molar-refractivity contribution in [3.8, 4) is 0 Å². The molecule has 1 N–H and O–H groups in total. The summed E-state index contributed by atoms with van der Waals surface area (Å²) in [5.41, 5.74) is -1.11. The van der Waals surface area contributed by atoms with Crippen LogP contribution >= 0.6 is 0 Å². The molecule has 1 aliphatic heterocycles. The number of rotatable bonds is 7. The van der Waals surface area contributed by atoms with Gasteiger partial charge in [0.05, 0.1) is 16.2 Å². The summed E-state index contributed by atoms with van der Waals surface area (Å²) in [4.78, 5) is 30.4. The number of alkyl halides is 3. The SMILES string of the molecule is CN(C)[C@@H]1CC[C@H](N2CCC[C@H](NC(=O)c3cccc(C(F)(F)F)c3)C2=O)[C@@H](CS(=O)(=O)c2ccccc2)C1. The molecule has 4 rings (SSSR count). The van der Waals surface area contributed by atoms with Gasteiger partial charge in [0.15, 0.2) is 9.84 Å². The van der Waals surface area contributed by atoms with Crippen LogP contribution in [0.3, 0.4) is 0 Å². The highest BCUT2D eigenvalue weighted by molar-refractivity contribution is 7.91. The van der Waals surface area contributed by atoms with Gasteiger partial charge in [-0.05, 0) is 82.4 Å². The topological polar surface area (TPSA) is 86.8 Å². The maximum absolute atomic E-state index is 13.6. The Morgan fingerprint density at radius 3 is 2.44 bits per heavy atom. The largest absolute Gasteiger partial charge is 0.416 e. The molecule has 0 aromatic heterocycles. The summed E-state index contributed by atoms with van der Waals surface area (Å²) in [6.45, 7) is 0.438. The van der Waals surface area contributed by atoms with Crippen LogP contribution in [0.4, 0.5) is 13.2 Å². The van der Waals surface area contributed by atoms with Gasteiger partial charge in [-0.1, -0.05) is 24.3 Å². The van der Waals surface area contributed by atoms with E-state index in [4.69, 9.17) is 0 Å². The first kappa shape index (κ1) is 29.1. The number of amides is 2. The Bertz CT molecular complexity index is 1280. The molecule has 1 heterocycles. The van der Waals surface area contributed by atoms with Gasteiger partial charge in [0.1, 0.15) is 6.04 Å². The smallest absolute Gasteiger partial charge is 0.340 e. The van der Waals surface area contributed by atoms with Gasteiger partial charge in [-0.3, -0.25) is 9.59 Å². The van der Waals surface area contributed by atoms with Crippen molar-refractivity contribution in [2.75, 3.05) is 26.4 Å². The van der Waals surface area contributed by atoms with Crippen LogP contribution in [0.15, 0.2) is 59.5 Å². The van der Waals surface area contributed by atoms with Crippen molar-refractivity contribution in [1.82, 2.24) is 15.1 Å². The number of hydrogen-bond acceptors (Lipinski definition) is 5. The monoisotopic (exact) mass is 565 g/mol. The predicted octanol–water partition coefficient (Wildman–Crippen LogP) is 4.00. The number of benzene rings is 2. The molecule has 0 bridgehead atoms. The normalized spacial score (nSPS) is 24.6. The maximum atomic E-state index is 13.6. The number of sulfone groups is 1. The van der Waals surface area contributed by atoms with Gasteiger partial charge >= 0.3 is 6.18 Å². The van der Waals surface area contributed by atoms with Crippen LogP contribution in [0, 0.1) is 5.92 Å². The van der Waals surface area contributed by atoms with Crippen LogP contribution in [0.2, 0.25) is 0 Å². The maximum Gasteiger partial charge on any atom is 0.416 e. The van der Waals surface area contributed by atoms with Gasteiger partial charge in [0, 0.05) is 24.2 Å². The minimum Gasteiger partial charge on any atom is -0.340 e. The molecule has 1 aliphatic carbocycles. The Morgan fingerprint density at radius 2 is 1.77 bits per heavy atom. The third-order valence-electron chi connectivity index (χ3n) is 7.81. The molecular weight excluding hydrogens is 531 g/mol. The molecule has 0 radical (unpaired) electrons. The summed E-state index contributed by atoms with van der Waals surface area (Å²) in [6.07, 6.45) is -1.61. The molecule has 4 atom stereocenters. The van der Waals surface area contributed by atoms with E-state index in [1.807, 2.05) is 14.1 Å². The van der Waals surface area contributed by atoms with Crippen LogP contribution in [0.1, 0.15) is 48.0 Å². The van der Waals surface area contributed by atoms with Crippen molar-refractivity contribution >= 4 is 21.7 Å². The highest BCUT2D eigenvalue weighted by Crippen LogP contribution is 2.35. The molecule has 39 heavy (non-hydrogen) atoms. The Kier molecular flexibility index (Phi) is 8.70. The van der Waals surface area contributed by atoms with Crippen LogP contribution in [-0.2, 0) is 20.8 Å². The third kappa shape index (κ3) is 6.81. The minimum atomic E-state index is -4.59. The molecule has 0 spiro atoms. The molecule has 11 heteroatoms. The summed E-state index contributed by atoms with van der Waals surface area (Å²) < 4.78 is 65.9. The van der Waals surface area contributed by atoms with Crippen LogP contribution in [0.5, 0.6) is 0 Å². The molecule has 212 valence electrons. The van der Waals surface area contributed by atoms with E-state index < -0.39 is 33.5 Å². The third-order valence-corrected chi connectivity index (χ3v) is 9.67. The zero-order chi connectivity index (χ0) is 28.4. The molecule has 7 nitrogen and oxygen atoms in total. The molecule has 2 amide bonds. The lowest BCUT2D eigenvalue weighted by molar-refractivity contribution is -0.140. The quantitative estimate of drug-likeness (QED) is 0.549. The second-order valence-electron chi connectivity index (χ2n) is 10.6. The number of nitrogens with zero attached hydrogens (tertiary/aromatic N) is 2. The van der Waals surface area contributed by atoms with E-state index in [1.54, 1.807) is 35.2 Å². The summed E-state index contributed by atoms with van der Waals surface area (Å²) in [7, 11) is 0.314. The standard InChI is InChI=1S/C28H34F3N3O4S/c1-33(2)22-13-14-25(20(17-22)18-39(37,38)23-10-4-3-5-11-23)34-15-7-12-24(27(34)36)32-26(35)19-8-6-9-21(16-19)28(29,30)31/h3-6,8-11,16,20,22,24-25H,7,12-15,17-18H2,1-2H3,(H,32,35)/t20-,22-,24+,25+/m1/s1. The lowest BCUT2D eigenvalue weighted by Crippen LogP contribution is -2.59. The van der Waals surface area contributed by atoms with E-state index in [0.717, 1.165) is 24.6 Å². The number of halogens is 3. The van der Waals surface area contributed by atoms with Gasteiger partial charge in [-0.2, -0.15) is 13.2 Å². The van der Waals surface area contributed by atoms with E-state index in [2.05, 4.69) is 10.2 Å². The summed E-state index contributed by atoms with van der Waals surface area (Å²) >= 11 is 0. The first-order chi connectivity index (χ1) is 18.4. The number of carbonyl (C=O) groups excluding carboxylic acids is 2. The Morgan fingerprint density at radius 1 is 1.05 bits per heavy atom.